The summed E-state index contributed by atoms with van der Waals surface area (Å²) in [6.45, 7) is 7.06. The molecular formula is C13H19Br2FSi. The van der Waals surface area contributed by atoms with Gasteiger partial charge in [0.2, 0.25) is 0 Å². The van der Waals surface area contributed by atoms with Crippen LogP contribution in [0.5, 0.6) is 0 Å². The van der Waals surface area contributed by atoms with Crippen LogP contribution in [0.1, 0.15) is 5.56 Å². The van der Waals surface area contributed by atoms with Crippen LogP contribution < -0.4 is 0 Å². The first kappa shape index (κ1) is 15.4. The molecule has 0 radical (unpaired) electrons. The molecule has 1 aromatic carbocycles. The molecule has 0 bridgehead atoms. The summed E-state index contributed by atoms with van der Waals surface area (Å²) < 4.78 is 13.4. The van der Waals surface area contributed by atoms with E-state index in [1.165, 1.54) is 6.07 Å². The summed E-state index contributed by atoms with van der Waals surface area (Å²) in [5.74, 6) is -0.149. The van der Waals surface area contributed by atoms with Gasteiger partial charge in [0.15, 0.2) is 0 Å². The van der Waals surface area contributed by atoms with E-state index in [1.54, 1.807) is 12.1 Å². The smallest absolute Gasteiger partial charge is 0.123 e. The van der Waals surface area contributed by atoms with Gasteiger partial charge >= 0.3 is 0 Å². The van der Waals surface area contributed by atoms with Gasteiger partial charge in [-0.05, 0) is 23.7 Å². The van der Waals surface area contributed by atoms with Crippen LogP contribution in [-0.2, 0) is 5.41 Å². The molecule has 0 unspecified atom stereocenters. The second kappa shape index (κ2) is 5.98. The number of hydrogen-bond donors (Lipinski definition) is 0. The zero-order valence-electron chi connectivity index (χ0n) is 10.6. The van der Waals surface area contributed by atoms with Crippen LogP contribution >= 0.6 is 31.9 Å². The summed E-state index contributed by atoms with van der Waals surface area (Å²) in [6.07, 6.45) is 0. The first-order chi connectivity index (χ1) is 7.83. The Labute approximate surface area is 121 Å². The lowest BCUT2D eigenvalue weighted by Gasteiger charge is -2.36. The highest BCUT2D eigenvalue weighted by atomic mass is 79.9. The molecular weight excluding hydrogens is 363 g/mol. The highest BCUT2D eigenvalue weighted by Gasteiger charge is 2.35. The molecule has 96 valence electrons. The van der Waals surface area contributed by atoms with Crippen LogP contribution in [0.4, 0.5) is 4.39 Å². The Morgan fingerprint density at radius 1 is 1.18 bits per heavy atom. The molecule has 0 N–H and O–H groups in total. The van der Waals surface area contributed by atoms with Crippen molar-refractivity contribution in [2.24, 2.45) is 0 Å². The predicted octanol–water partition coefficient (Wildman–Crippen LogP) is 5.19. The van der Waals surface area contributed by atoms with Gasteiger partial charge in [-0.2, -0.15) is 0 Å². The Morgan fingerprint density at radius 2 is 1.76 bits per heavy atom. The van der Waals surface area contributed by atoms with Gasteiger partial charge < -0.3 is 0 Å². The van der Waals surface area contributed by atoms with Crippen LogP contribution in [0.15, 0.2) is 24.3 Å². The van der Waals surface area contributed by atoms with E-state index in [1.807, 2.05) is 6.07 Å². The summed E-state index contributed by atoms with van der Waals surface area (Å²) >= 11 is 7.23. The summed E-state index contributed by atoms with van der Waals surface area (Å²) in [6, 6.07) is 8.15. The first-order valence-corrected chi connectivity index (χ1v) is 11.7. The van der Waals surface area contributed by atoms with Crippen LogP contribution in [0.3, 0.4) is 0 Å². The predicted molar refractivity (Wildman–Crippen MR) is 83.8 cm³/mol. The average Bonchev–Trinajstić information content (AvgIpc) is 2.25. The van der Waals surface area contributed by atoms with Crippen molar-refractivity contribution in [1.82, 2.24) is 0 Å². The lowest BCUT2D eigenvalue weighted by atomic mass is 9.86. The molecule has 0 aliphatic rings. The normalized spacial score (nSPS) is 12.8. The SMILES string of the molecule is C[Si](C)(C)CC(CBr)(CBr)c1cccc(F)c1. The van der Waals surface area contributed by atoms with Gasteiger partial charge in [0.25, 0.3) is 0 Å². The van der Waals surface area contributed by atoms with Crippen molar-refractivity contribution in [3.63, 3.8) is 0 Å². The van der Waals surface area contributed by atoms with Gasteiger partial charge in [-0.15, -0.1) is 0 Å². The highest BCUT2D eigenvalue weighted by molar-refractivity contribution is 9.09. The van der Waals surface area contributed by atoms with E-state index in [9.17, 15) is 4.39 Å². The van der Waals surface area contributed by atoms with E-state index in [-0.39, 0.29) is 11.2 Å². The van der Waals surface area contributed by atoms with Crippen LogP contribution in [0.2, 0.25) is 25.7 Å². The van der Waals surface area contributed by atoms with Crippen molar-refractivity contribution >= 4 is 39.9 Å². The molecule has 17 heavy (non-hydrogen) atoms. The molecule has 1 rings (SSSR count). The monoisotopic (exact) mass is 380 g/mol. The molecule has 0 saturated heterocycles. The largest absolute Gasteiger partial charge is 0.207 e. The molecule has 0 heterocycles. The highest BCUT2D eigenvalue weighted by Crippen LogP contribution is 2.37. The summed E-state index contributed by atoms with van der Waals surface area (Å²) in [5.41, 5.74) is 1.10. The average molecular weight is 382 g/mol. The Morgan fingerprint density at radius 3 is 2.18 bits per heavy atom. The second-order valence-electron chi connectivity index (χ2n) is 5.80. The summed E-state index contributed by atoms with van der Waals surface area (Å²) in [7, 11) is -1.22. The summed E-state index contributed by atoms with van der Waals surface area (Å²) in [5, 5.41) is 1.72. The first-order valence-electron chi connectivity index (χ1n) is 5.71. The van der Waals surface area contributed by atoms with E-state index in [4.69, 9.17) is 0 Å². The van der Waals surface area contributed by atoms with E-state index < -0.39 is 8.07 Å². The van der Waals surface area contributed by atoms with Crippen LogP contribution in [0.25, 0.3) is 0 Å². The van der Waals surface area contributed by atoms with E-state index in [2.05, 4.69) is 51.5 Å². The maximum absolute atomic E-state index is 13.4. The van der Waals surface area contributed by atoms with Crippen molar-refractivity contribution in [2.75, 3.05) is 10.7 Å². The van der Waals surface area contributed by atoms with Gasteiger partial charge in [0, 0.05) is 24.1 Å². The molecule has 0 aromatic heterocycles. The Hall–Kier alpha value is 0.327. The zero-order valence-corrected chi connectivity index (χ0v) is 14.7. The fourth-order valence-corrected chi connectivity index (χ4v) is 7.41. The quantitative estimate of drug-likeness (QED) is 0.486. The van der Waals surface area contributed by atoms with Crippen molar-refractivity contribution in [3.05, 3.63) is 35.6 Å². The summed E-state index contributed by atoms with van der Waals surface area (Å²) in [4.78, 5) is 0. The number of rotatable bonds is 5. The van der Waals surface area contributed by atoms with Crippen molar-refractivity contribution in [1.29, 1.82) is 0 Å². The van der Waals surface area contributed by atoms with E-state index in [0.717, 1.165) is 22.3 Å². The minimum atomic E-state index is -1.22. The standard InChI is InChI=1S/C13H19Br2FSi/c1-17(2,3)10-13(8-14,9-15)11-5-4-6-12(16)7-11/h4-7H,8-10H2,1-3H3. The minimum absolute atomic E-state index is 0.00652. The van der Waals surface area contributed by atoms with Crippen molar-refractivity contribution < 1.29 is 4.39 Å². The van der Waals surface area contributed by atoms with Crippen LogP contribution in [0, 0.1) is 5.82 Å². The second-order valence-corrected chi connectivity index (χ2v) is 12.4. The molecule has 0 fully saturated rings. The Bertz CT molecular complexity index is 370. The van der Waals surface area contributed by atoms with Gasteiger partial charge in [-0.25, -0.2) is 4.39 Å². The van der Waals surface area contributed by atoms with Gasteiger partial charge in [-0.1, -0.05) is 63.6 Å². The molecule has 0 amide bonds. The third kappa shape index (κ3) is 4.18. The molecule has 0 spiro atoms. The third-order valence-corrected chi connectivity index (χ3v) is 6.70. The number of hydrogen-bond acceptors (Lipinski definition) is 0. The van der Waals surface area contributed by atoms with Crippen LogP contribution in [-0.4, -0.2) is 18.7 Å². The lowest BCUT2D eigenvalue weighted by molar-refractivity contribution is 0.587. The van der Waals surface area contributed by atoms with Gasteiger partial charge in [0.05, 0.1) is 0 Å². The zero-order chi connectivity index (χ0) is 13.1. The third-order valence-electron chi connectivity index (χ3n) is 2.82. The number of benzene rings is 1. The molecule has 1 aromatic rings. The number of halogens is 3. The van der Waals surface area contributed by atoms with E-state index in [0.29, 0.717) is 0 Å². The molecule has 4 heteroatoms. The number of alkyl halides is 2. The van der Waals surface area contributed by atoms with Gasteiger partial charge in [0.1, 0.15) is 5.82 Å². The topological polar surface area (TPSA) is 0 Å². The van der Waals surface area contributed by atoms with Crippen molar-refractivity contribution in [2.45, 2.75) is 31.1 Å². The van der Waals surface area contributed by atoms with Crippen molar-refractivity contribution in [3.8, 4) is 0 Å². The molecule has 0 aliphatic heterocycles. The fourth-order valence-electron chi connectivity index (χ4n) is 2.22. The molecule has 0 atom stereocenters. The maximum atomic E-state index is 13.4. The molecule has 0 nitrogen and oxygen atoms in total. The maximum Gasteiger partial charge on any atom is 0.123 e. The lowest BCUT2D eigenvalue weighted by Crippen LogP contribution is -2.39. The molecule has 0 aliphatic carbocycles. The van der Waals surface area contributed by atoms with E-state index >= 15 is 0 Å². The minimum Gasteiger partial charge on any atom is -0.207 e. The Kier molecular flexibility index (Phi) is 5.41. The molecule has 0 saturated carbocycles. The fraction of sp³-hybridized carbons (Fsp3) is 0.538. The van der Waals surface area contributed by atoms with Gasteiger partial charge in [-0.3, -0.25) is 0 Å². The Balaban J connectivity index is 3.15.